The smallest absolute Gasteiger partial charge is 0.216 e. The van der Waals surface area contributed by atoms with E-state index in [0.29, 0.717) is 24.8 Å². The van der Waals surface area contributed by atoms with Crippen molar-refractivity contribution in [1.82, 2.24) is 10.6 Å². The number of anilines is 1. The SMILES string of the molecule is CCOc1ccc(NC(=S)NCCNC(C)=O)cc1. The van der Waals surface area contributed by atoms with Crippen molar-refractivity contribution in [3.8, 4) is 5.75 Å². The van der Waals surface area contributed by atoms with E-state index in [-0.39, 0.29) is 5.91 Å². The molecule has 0 saturated carbocycles. The largest absolute Gasteiger partial charge is 0.494 e. The fourth-order valence-corrected chi connectivity index (χ4v) is 1.61. The highest BCUT2D eigenvalue weighted by molar-refractivity contribution is 7.80. The quantitative estimate of drug-likeness (QED) is 0.545. The number of thiocarbonyl (C=S) groups is 1. The maximum atomic E-state index is 10.7. The molecule has 1 rings (SSSR count). The first-order chi connectivity index (χ1) is 9.11. The summed E-state index contributed by atoms with van der Waals surface area (Å²) in [5, 5.41) is 9.26. The van der Waals surface area contributed by atoms with Crippen LogP contribution in [0.1, 0.15) is 13.8 Å². The maximum absolute atomic E-state index is 10.7. The van der Waals surface area contributed by atoms with Gasteiger partial charge < -0.3 is 20.7 Å². The molecule has 0 fully saturated rings. The van der Waals surface area contributed by atoms with Crippen LogP contribution in [-0.4, -0.2) is 30.7 Å². The van der Waals surface area contributed by atoms with Crippen molar-refractivity contribution in [1.29, 1.82) is 0 Å². The van der Waals surface area contributed by atoms with Crippen molar-refractivity contribution in [2.24, 2.45) is 0 Å². The van der Waals surface area contributed by atoms with Gasteiger partial charge in [-0.05, 0) is 43.4 Å². The summed E-state index contributed by atoms with van der Waals surface area (Å²) in [6.07, 6.45) is 0. The lowest BCUT2D eigenvalue weighted by Gasteiger charge is -2.11. The molecule has 0 bridgehead atoms. The first-order valence-electron chi connectivity index (χ1n) is 6.14. The molecular weight excluding hydrogens is 262 g/mol. The Morgan fingerprint density at radius 3 is 2.42 bits per heavy atom. The lowest BCUT2D eigenvalue weighted by molar-refractivity contribution is -0.118. The minimum Gasteiger partial charge on any atom is -0.494 e. The Hall–Kier alpha value is -1.82. The molecule has 3 N–H and O–H groups in total. The Morgan fingerprint density at radius 2 is 1.84 bits per heavy atom. The van der Waals surface area contributed by atoms with E-state index in [1.54, 1.807) is 0 Å². The molecule has 1 aromatic carbocycles. The van der Waals surface area contributed by atoms with Gasteiger partial charge in [-0.2, -0.15) is 0 Å². The molecule has 0 heterocycles. The van der Waals surface area contributed by atoms with Crippen LogP contribution in [0.15, 0.2) is 24.3 Å². The molecule has 6 heteroatoms. The number of hydrogen-bond donors (Lipinski definition) is 3. The second-order valence-corrected chi connectivity index (χ2v) is 4.23. The standard InChI is InChI=1S/C13H19N3O2S/c1-3-18-12-6-4-11(5-7-12)16-13(19)15-9-8-14-10(2)17/h4-7H,3,8-9H2,1-2H3,(H,14,17)(H2,15,16,19). The molecule has 0 unspecified atom stereocenters. The summed E-state index contributed by atoms with van der Waals surface area (Å²) in [6, 6.07) is 7.55. The van der Waals surface area contributed by atoms with Crippen molar-refractivity contribution in [2.75, 3.05) is 25.0 Å². The number of rotatable bonds is 6. The highest BCUT2D eigenvalue weighted by Gasteiger charge is 1.98. The van der Waals surface area contributed by atoms with E-state index in [1.807, 2.05) is 31.2 Å². The zero-order valence-corrected chi connectivity index (χ0v) is 12.0. The Kier molecular flexibility index (Phi) is 6.67. The van der Waals surface area contributed by atoms with Crippen LogP contribution in [0.3, 0.4) is 0 Å². The topological polar surface area (TPSA) is 62.4 Å². The molecule has 0 spiro atoms. The summed E-state index contributed by atoms with van der Waals surface area (Å²) in [4.78, 5) is 10.7. The number of carbonyl (C=O) groups is 1. The average Bonchev–Trinajstić information content (AvgIpc) is 2.37. The van der Waals surface area contributed by atoms with Crippen LogP contribution >= 0.6 is 12.2 Å². The van der Waals surface area contributed by atoms with Gasteiger partial charge in [-0.25, -0.2) is 0 Å². The normalized spacial score (nSPS) is 9.58. The van der Waals surface area contributed by atoms with Gasteiger partial charge in [0.2, 0.25) is 5.91 Å². The first kappa shape index (κ1) is 15.2. The van der Waals surface area contributed by atoms with Gasteiger partial charge in [-0.1, -0.05) is 0 Å². The van der Waals surface area contributed by atoms with Crippen LogP contribution in [0.2, 0.25) is 0 Å². The Balaban J connectivity index is 2.29. The van der Waals surface area contributed by atoms with Gasteiger partial charge in [0.05, 0.1) is 6.61 Å². The predicted molar refractivity (Wildman–Crippen MR) is 80.5 cm³/mol. The van der Waals surface area contributed by atoms with Gasteiger partial charge in [0.1, 0.15) is 5.75 Å². The zero-order valence-electron chi connectivity index (χ0n) is 11.2. The van der Waals surface area contributed by atoms with Gasteiger partial charge in [0.25, 0.3) is 0 Å². The summed E-state index contributed by atoms with van der Waals surface area (Å²) in [7, 11) is 0. The second kappa shape index (κ2) is 8.31. The number of amides is 1. The van der Waals surface area contributed by atoms with Crippen molar-refractivity contribution < 1.29 is 9.53 Å². The summed E-state index contributed by atoms with van der Waals surface area (Å²) in [6.45, 7) is 5.20. The highest BCUT2D eigenvalue weighted by Crippen LogP contribution is 2.15. The first-order valence-corrected chi connectivity index (χ1v) is 6.54. The molecular formula is C13H19N3O2S. The molecule has 0 aromatic heterocycles. The van der Waals surface area contributed by atoms with Crippen LogP contribution in [-0.2, 0) is 4.79 Å². The average molecular weight is 281 g/mol. The lowest BCUT2D eigenvalue weighted by Crippen LogP contribution is -2.35. The van der Waals surface area contributed by atoms with E-state index in [2.05, 4.69) is 16.0 Å². The fourth-order valence-electron chi connectivity index (χ4n) is 1.39. The number of nitrogens with one attached hydrogen (secondary N) is 3. The van der Waals surface area contributed by atoms with Crippen LogP contribution in [0, 0.1) is 0 Å². The molecule has 5 nitrogen and oxygen atoms in total. The number of benzene rings is 1. The Morgan fingerprint density at radius 1 is 1.21 bits per heavy atom. The van der Waals surface area contributed by atoms with Gasteiger partial charge in [-0.15, -0.1) is 0 Å². The summed E-state index contributed by atoms with van der Waals surface area (Å²) >= 11 is 5.13. The van der Waals surface area contributed by atoms with E-state index in [1.165, 1.54) is 6.92 Å². The molecule has 0 radical (unpaired) electrons. The third-order valence-corrected chi connectivity index (χ3v) is 2.45. The van der Waals surface area contributed by atoms with E-state index >= 15 is 0 Å². The van der Waals surface area contributed by atoms with E-state index in [4.69, 9.17) is 17.0 Å². The molecule has 0 aliphatic rings. The number of ether oxygens (including phenoxy) is 1. The Bertz CT molecular complexity index is 420. The molecule has 19 heavy (non-hydrogen) atoms. The van der Waals surface area contributed by atoms with E-state index < -0.39 is 0 Å². The van der Waals surface area contributed by atoms with Crippen molar-refractivity contribution in [3.63, 3.8) is 0 Å². The molecule has 0 aliphatic carbocycles. The van der Waals surface area contributed by atoms with E-state index in [9.17, 15) is 4.79 Å². The summed E-state index contributed by atoms with van der Waals surface area (Å²) < 4.78 is 5.35. The van der Waals surface area contributed by atoms with Crippen molar-refractivity contribution in [2.45, 2.75) is 13.8 Å². The third-order valence-electron chi connectivity index (χ3n) is 2.21. The molecule has 104 valence electrons. The maximum Gasteiger partial charge on any atom is 0.216 e. The number of hydrogen-bond acceptors (Lipinski definition) is 3. The van der Waals surface area contributed by atoms with E-state index in [0.717, 1.165) is 11.4 Å². The minimum atomic E-state index is -0.0489. The monoisotopic (exact) mass is 281 g/mol. The molecule has 0 atom stereocenters. The van der Waals surface area contributed by atoms with Crippen LogP contribution in [0.5, 0.6) is 5.75 Å². The fraction of sp³-hybridized carbons (Fsp3) is 0.385. The molecule has 1 aromatic rings. The van der Waals surface area contributed by atoms with Crippen LogP contribution < -0.4 is 20.7 Å². The molecule has 1 amide bonds. The molecule has 0 saturated heterocycles. The molecule has 0 aliphatic heterocycles. The van der Waals surface area contributed by atoms with Crippen LogP contribution in [0.25, 0.3) is 0 Å². The highest BCUT2D eigenvalue weighted by atomic mass is 32.1. The predicted octanol–water partition coefficient (Wildman–Crippen LogP) is 1.51. The van der Waals surface area contributed by atoms with Crippen LogP contribution in [0.4, 0.5) is 5.69 Å². The lowest BCUT2D eigenvalue weighted by atomic mass is 10.3. The van der Waals surface area contributed by atoms with Crippen molar-refractivity contribution in [3.05, 3.63) is 24.3 Å². The van der Waals surface area contributed by atoms with Gasteiger partial charge in [0.15, 0.2) is 5.11 Å². The second-order valence-electron chi connectivity index (χ2n) is 3.82. The Labute approximate surface area is 118 Å². The summed E-state index contributed by atoms with van der Waals surface area (Å²) in [5.74, 6) is 0.782. The van der Waals surface area contributed by atoms with Gasteiger partial charge >= 0.3 is 0 Å². The minimum absolute atomic E-state index is 0.0489. The number of carbonyl (C=O) groups excluding carboxylic acids is 1. The third kappa shape index (κ3) is 6.61. The summed E-state index contributed by atoms with van der Waals surface area (Å²) in [5.41, 5.74) is 0.889. The van der Waals surface area contributed by atoms with Crippen molar-refractivity contribution >= 4 is 28.9 Å². The van der Waals surface area contributed by atoms with Gasteiger partial charge in [0, 0.05) is 25.7 Å². The van der Waals surface area contributed by atoms with Gasteiger partial charge in [-0.3, -0.25) is 4.79 Å². The zero-order chi connectivity index (χ0) is 14.1.